The Balaban J connectivity index is 1.66. The molecular weight excluding hydrogens is 391 g/mol. The lowest BCUT2D eigenvalue weighted by atomic mass is 10.1. The van der Waals surface area contributed by atoms with Crippen LogP contribution < -0.4 is 5.32 Å². The summed E-state index contributed by atoms with van der Waals surface area (Å²) in [5.41, 5.74) is 3.09. The molecule has 29 heavy (non-hydrogen) atoms. The number of halogens is 2. The second-order valence-corrected chi connectivity index (χ2v) is 6.86. The first-order valence-corrected chi connectivity index (χ1v) is 9.28. The summed E-state index contributed by atoms with van der Waals surface area (Å²) in [5, 5.41) is 3.46. The molecule has 0 spiro atoms. The number of carbonyl (C=O) groups excluding carboxylic acids is 1. The molecule has 0 bridgehead atoms. The Bertz CT molecular complexity index is 1190. The Hall–Kier alpha value is -3.44. The minimum atomic E-state index is -0.327. The largest absolute Gasteiger partial charge is 0.436 e. The third kappa shape index (κ3) is 3.91. The van der Waals surface area contributed by atoms with E-state index in [2.05, 4.69) is 10.3 Å². The fourth-order valence-electron chi connectivity index (χ4n) is 2.95. The molecule has 0 saturated heterocycles. The topological polar surface area (TPSA) is 55.1 Å². The highest BCUT2D eigenvalue weighted by atomic mass is 35.5. The minimum absolute atomic E-state index is 0.299. The van der Waals surface area contributed by atoms with Crippen LogP contribution in [0.25, 0.3) is 22.8 Å². The van der Waals surface area contributed by atoms with E-state index in [4.69, 9.17) is 16.0 Å². The smallest absolute Gasteiger partial charge is 0.256 e. The summed E-state index contributed by atoms with van der Waals surface area (Å²) >= 11 is 6.14. The Labute approximate surface area is 172 Å². The number of oxazole rings is 1. The van der Waals surface area contributed by atoms with Gasteiger partial charge in [-0.2, -0.15) is 0 Å². The SMILES string of the molecule is Cc1c(Cl)cccc1NC(=O)c1ccccc1-c1ncc(-c2ccc(F)cc2)o1. The maximum absolute atomic E-state index is 13.1. The first-order chi connectivity index (χ1) is 14.0. The Morgan fingerprint density at radius 1 is 1.03 bits per heavy atom. The number of hydrogen-bond acceptors (Lipinski definition) is 3. The van der Waals surface area contributed by atoms with E-state index >= 15 is 0 Å². The molecule has 0 aliphatic carbocycles. The number of hydrogen-bond donors (Lipinski definition) is 1. The van der Waals surface area contributed by atoms with Crippen LogP contribution in [0.2, 0.25) is 5.02 Å². The number of nitrogens with one attached hydrogen (secondary N) is 1. The molecule has 0 aliphatic heterocycles. The van der Waals surface area contributed by atoms with Gasteiger partial charge in [-0.05, 0) is 61.0 Å². The van der Waals surface area contributed by atoms with Gasteiger partial charge in [0.05, 0.1) is 11.8 Å². The average Bonchev–Trinajstić information content (AvgIpc) is 3.22. The van der Waals surface area contributed by atoms with Crippen molar-refractivity contribution in [2.75, 3.05) is 5.32 Å². The average molecular weight is 407 g/mol. The summed E-state index contributed by atoms with van der Waals surface area (Å²) in [6.07, 6.45) is 1.55. The normalized spacial score (nSPS) is 10.7. The van der Waals surface area contributed by atoms with Crippen molar-refractivity contribution in [2.24, 2.45) is 0 Å². The van der Waals surface area contributed by atoms with Gasteiger partial charge in [-0.25, -0.2) is 9.37 Å². The minimum Gasteiger partial charge on any atom is -0.436 e. The number of benzene rings is 3. The number of anilines is 1. The lowest BCUT2D eigenvalue weighted by Crippen LogP contribution is -2.14. The van der Waals surface area contributed by atoms with Gasteiger partial charge in [-0.1, -0.05) is 29.8 Å². The van der Waals surface area contributed by atoms with Crippen LogP contribution in [-0.2, 0) is 0 Å². The van der Waals surface area contributed by atoms with Crippen molar-refractivity contribution in [2.45, 2.75) is 6.92 Å². The molecular formula is C23H16ClFN2O2. The third-order valence-corrected chi connectivity index (χ3v) is 4.96. The number of carbonyl (C=O) groups is 1. The first-order valence-electron chi connectivity index (χ1n) is 8.90. The number of rotatable bonds is 4. The van der Waals surface area contributed by atoms with Gasteiger partial charge < -0.3 is 9.73 Å². The summed E-state index contributed by atoms with van der Waals surface area (Å²) in [6, 6.07) is 18.3. The molecule has 0 aliphatic rings. The zero-order chi connectivity index (χ0) is 20.4. The van der Waals surface area contributed by atoms with E-state index < -0.39 is 0 Å². The molecule has 3 aromatic carbocycles. The van der Waals surface area contributed by atoms with Crippen molar-refractivity contribution in [1.82, 2.24) is 4.98 Å². The second-order valence-electron chi connectivity index (χ2n) is 6.45. The van der Waals surface area contributed by atoms with Crippen molar-refractivity contribution in [1.29, 1.82) is 0 Å². The molecule has 0 unspecified atom stereocenters. The first kappa shape index (κ1) is 18.9. The van der Waals surface area contributed by atoms with Gasteiger partial charge in [0, 0.05) is 21.8 Å². The Kier molecular flexibility index (Phi) is 5.14. The molecule has 1 N–H and O–H groups in total. The van der Waals surface area contributed by atoms with Crippen molar-refractivity contribution in [3.8, 4) is 22.8 Å². The summed E-state index contributed by atoms with van der Waals surface area (Å²) in [7, 11) is 0. The van der Waals surface area contributed by atoms with E-state index in [0.29, 0.717) is 39.1 Å². The summed E-state index contributed by atoms with van der Waals surface area (Å²) in [5.74, 6) is 0.165. The quantitative estimate of drug-likeness (QED) is 0.429. The highest BCUT2D eigenvalue weighted by Crippen LogP contribution is 2.29. The molecule has 1 heterocycles. The molecule has 4 nitrogen and oxygen atoms in total. The molecule has 0 fully saturated rings. The van der Waals surface area contributed by atoms with Crippen molar-refractivity contribution in [3.63, 3.8) is 0 Å². The van der Waals surface area contributed by atoms with E-state index in [-0.39, 0.29) is 11.7 Å². The molecule has 6 heteroatoms. The predicted molar refractivity (Wildman–Crippen MR) is 111 cm³/mol. The van der Waals surface area contributed by atoms with Gasteiger partial charge in [-0.3, -0.25) is 4.79 Å². The van der Waals surface area contributed by atoms with E-state index in [1.54, 1.807) is 60.8 Å². The van der Waals surface area contributed by atoms with Crippen molar-refractivity contribution >= 4 is 23.2 Å². The van der Waals surface area contributed by atoms with E-state index in [0.717, 1.165) is 5.56 Å². The number of amides is 1. The highest BCUT2D eigenvalue weighted by Gasteiger charge is 2.18. The molecule has 0 radical (unpaired) electrons. The molecule has 144 valence electrons. The van der Waals surface area contributed by atoms with Crippen LogP contribution in [0.3, 0.4) is 0 Å². The molecule has 4 aromatic rings. The molecule has 0 saturated carbocycles. The molecule has 4 rings (SSSR count). The van der Waals surface area contributed by atoms with Crippen LogP contribution in [0.4, 0.5) is 10.1 Å². The fraction of sp³-hybridized carbons (Fsp3) is 0.0435. The Morgan fingerprint density at radius 2 is 1.79 bits per heavy atom. The lowest BCUT2D eigenvalue weighted by Gasteiger charge is -2.11. The summed E-state index contributed by atoms with van der Waals surface area (Å²) in [4.78, 5) is 17.2. The second kappa shape index (κ2) is 7.89. The van der Waals surface area contributed by atoms with Gasteiger partial charge in [0.2, 0.25) is 5.89 Å². The van der Waals surface area contributed by atoms with Gasteiger partial charge in [-0.15, -0.1) is 0 Å². The molecule has 1 aromatic heterocycles. The van der Waals surface area contributed by atoms with E-state index in [9.17, 15) is 9.18 Å². The van der Waals surface area contributed by atoms with Crippen LogP contribution in [0.15, 0.2) is 77.3 Å². The lowest BCUT2D eigenvalue weighted by molar-refractivity contribution is 0.102. The van der Waals surface area contributed by atoms with Crippen LogP contribution in [0.1, 0.15) is 15.9 Å². The molecule has 0 atom stereocenters. The predicted octanol–water partition coefficient (Wildman–Crippen LogP) is 6.36. The summed E-state index contributed by atoms with van der Waals surface area (Å²) in [6.45, 7) is 1.84. The fourth-order valence-corrected chi connectivity index (χ4v) is 3.12. The van der Waals surface area contributed by atoms with Gasteiger partial charge in [0.15, 0.2) is 5.76 Å². The maximum Gasteiger partial charge on any atom is 0.256 e. The zero-order valence-corrected chi connectivity index (χ0v) is 16.2. The van der Waals surface area contributed by atoms with Gasteiger partial charge >= 0.3 is 0 Å². The monoisotopic (exact) mass is 406 g/mol. The van der Waals surface area contributed by atoms with Crippen molar-refractivity contribution in [3.05, 3.63) is 94.9 Å². The van der Waals surface area contributed by atoms with E-state index in [1.165, 1.54) is 12.1 Å². The maximum atomic E-state index is 13.1. The van der Waals surface area contributed by atoms with E-state index in [1.807, 2.05) is 6.92 Å². The highest BCUT2D eigenvalue weighted by molar-refractivity contribution is 6.31. The van der Waals surface area contributed by atoms with Gasteiger partial charge in [0.1, 0.15) is 5.82 Å². The Morgan fingerprint density at radius 3 is 2.59 bits per heavy atom. The van der Waals surface area contributed by atoms with Crippen LogP contribution in [-0.4, -0.2) is 10.9 Å². The van der Waals surface area contributed by atoms with Crippen LogP contribution in [0.5, 0.6) is 0 Å². The van der Waals surface area contributed by atoms with Crippen molar-refractivity contribution < 1.29 is 13.6 Å². The standard InChI is InChI=1S/C23H16ClFN2O2/c1-14-19(24)7-4-8-20(14)27-22(28)17-5-2-3-6-18(17)23-26-13-21(29-23)15-9-11-16(25)12-10-15/h2-13H,1H3,(H,27,28). The van der Waals surface area contributed by atoms with Gasteiger partial charge in [0.25, 0.3) is 5.91 Å². The number of aromatic nitrogens is 1. The molecule has 1 amide bonds. The summed E-state index contributed by atoms with van der Waals surface area (Å²) < 4.78 is 19.0. The third-order valence-electron chi connectivity index (χ3n) is 4.55. The number of nitrogens with zero attached hydrogens (tertiary/aromatic N) is 1. The zero-order valence-electron chi connectivity index (χ0n) is 15.4. The van der Waals surface area contributed by atoms with Crippen LogP contribution >= 0.6 is 11.6 Å². The van der Waals surface area contributed by atoms with Crippen LogP contribution in [0, 0.1) is 12.7 Å².